The summed E-state index contributed by atoms with van der Waals surface area (Å²) >= 11 is 0. The van der Waals surface area contributed by atoms with Crippen molar-refractivity contribution in [3.8, 4) is 66.8 Å². The lowest BCUT2D eigenvalue weighted by atomic mass is 9.96. The Bertz CT molecular complexity index is 5020. The van der Waals surface area contributed by atoms with E-state index in [4.69, 9.17) is 0 Å². The van der Waals surface area contributed by atoms with Crippen molar-refractivity contribution in [3.05, 3.63) is 302 Å². The number of para-hydroxylation sites is 2. The molecule has 80 heavy (non-hydrogen) atoms. The van der Waals surface area contributed by atoms with Gasteiger partial charge < -0.3 is 8.80 Å². The summed E-state index contributed by atoms with van der Waals surface area (Å²) < 4.78 is 4.98. The zero-order valence-electron chi connectivity index (χ0n) is 44.6. The van der Waals surface area contributed by atoms with Crippen LogP contribution in [-0.2, 0) is 0 Å². The third kappa shape index (κ3) is 7.87. The number of fused-ring (bicyclic) bond motifs is 16. The second kappa shape index (κ2) is 19.3. The van der Waals surface area contributed by atoms with E-state index < -0.39 is 0 Å². The second-order valence-corrected chi connectivity index (χ2v) is 21.3. The quantitative estimate of drug-likeness (QED) is 0.147. The summed E-state index contributed by atoms with van der Waals surface area (Å²) in [5.41, 5.74) is 24.9. The number of aromatic nitrogens is 2. The van der Waals surface area contributed by atoms with Crippen molar-refractivity contribution >= 4 is 76.2 Å². The molecule has 0 unspecified atom stereocenters. The average molecular weight is 1020 g/mol. The predicted molar refractivity (Wildman–Crippen MR) is 342 cm³/mol. The van der Waals surface area contributed by atoms with E-state index >= 15 is 0 Å². The Hall–Kier alpha value is -10.3. The first-order valence-corrected chi connectivity index (χ1v) is 27.7. The fourth-order valence-electron chi connectivity index (χ4n) is 12.7. The van der Waals surface area contributed by atoms with Crippen molar-refractivity contribution in [2.24, 2.45) is 0 Å². The van der Waals surface area contributed by atoms with Gasteiger partial charge in [0.25, 0.3) is 0 Å². The number of rotatable bonds is 6. The standard InChI is InChI=1S/2C39H27N/c1-26-10-9-13-30(24-26)31-22-23-35-37(25-31)40-36-17-8-7-15-33(36)32-14-5-6-16-34(32)39(40)38(35)29-20-18-28(19-21-29)27-11-3-2-4-12-27;1-26-15-17-29(18-16-26)31-23-24-35-37(25-31)40-36-14-8-7-12-33(36)32-11-5-6-13-34(32)39(40)38(35)30-21-19-28(20-22-30)27-9-3-2-4-10-27/h2*2-25H,1H3. The molecule has 0 saturated carbocycles. The zero-order chi connectivity index (χ0) is 53.3. The van der Waals surface area contributed by atoms with Crippen LogP contribution in [0.25, 0.3) is 143 Å². The second-order valence-electron chi connectivity index (χ2n) is 21.3. The van der Waals surface area contributed by atoms with Gasteiger partial charge in [-0.25, -0.2) is 0 Å². The molecule has 4 aromatic heterocycles. The minimum atomic E-state index is 1.23. The maximum atomic E-state index is 2.49. The summed E-state index contributed by atoms with van der Waals surface area (Å²) in [6, 6.07) is 106. The Morgan fingerprint density at radius 3 is 0.975 bits per heavy atom. The molecule has 0 bridgehead atoms. The molecule has 0 aliphatic rings. The van der Waals surface area contributed by atoms with Crippen molar-refractivity contribution in [1.82, 2.24) is 8.80 Å². The molecule has 0 N–H and O–H groups in total. The van der Waals surface area contributed by atoms with Gasteiger partial charge in [-0.1, -0.05) is 278 Å². The molecule has 0 amide bonds. The molecule has 0 atom stereocenters. The SMILES string of the molecule is Cc1ccc(-c2ccc3c(-c4ccc(-c5ccccc5)cc4)c4c5ccccc5c5ccccc5n4c3c2)cc1.Cc1cccc(-c2ccc3c(-c4ccc(-c5ccccc5)cc4)c4c5ccccc5c5ccccc5n4c3c2)c1. The monoisotopic (exact) mass is 1020 g/mol. The topological polar surface area (TPSA) is 8.82 Å². The Kier molecular flexibility index (Phi) is 11.3. The Balaban J connectivity index is 0.000000138. The first-order valence-electron chi connectivity index (χ1n) is 27.7. The maximum Gasteiger partial charge on any atom is 0.0625 e. The number of pyridine rings is 2. The highest BCUT2D eigenvalue weighted by Crippen LogP contribution is 2.46. The van der Waals surface area contributed by atoms with E-state index in [2.05, 4.69) is 314 Å². The van der Waals surface area contributed by atoms with E-state index in [0.717, 1.165) is 0 Å². The van der Waals surface area contributed by atoms with Gasteiger partial charge in [-0.2, -0.15) is 0 Å². The highest BCUT2D eigenvalue weighted by molar-refractivity contribution is 6.23. The third-order valence-corrected chi connectivity index (χ3v) is 16.5. The summed E-state index contributed by atoms with van der Waals surface area (Å²) in [5, 5.41) is 10.2. The molecule has 4 heterocycles. The van der Waals surface area contributed by atoms with Gasteiger partial charge in [-0.05, 0) is 105 Å². The van der Waals surface area contributed by atoms with Crippen molar-refractivity contribution in [3.63, 3.8) is 0 Å². The van der Waals surface area contributed by atoms with Gasteiger partial charge in [0.15, 0.2) is 0 Å². The molecule has 0 radical (unpaired) electrons. The van der Waals surface area contributed by atoms with Gasteiger partial charge in [0, 0.05) is 43.4 Å². The molecule has 2 nitrogen and oxygen atoms in total. The van der Waals surface area contributed by atoms with Crippen LogP contribution in [0.15, 0.2) is 291 Å². The number of hydrogen-bond acceptors (Lipinski definition) is 0. The summed E-state index contributed by atoms with van der Waals surface area (Å²) in [7, 11) is 0. The number of aryl methyl sites for hydroxylation is 2. The van der Waals surface area contributed by atoms with Crippen LogP contribution in [0.2, 0.25) is 0 Å². The van der Waals surface area contributed by atoms with Crippen LogP contribution in [0.3, 0.4) is 0 Å². The first-order chi connectivity index (χ1) is 39.5. The summed E-state index contributed by atoms with van der Waals surface area (Å²) in [6.07, 6.45) is 0. The lowest BCUT2D eigenvalue weighted by Crippen LogP contribution is -1.91. The fourth-order valence-corrected chi connectivity index (χ4v) is 12.7. The number of benzene rings is 12. The molecule has 0 aliphatic heterocycles. The molecule has 16 aromatic rings. The molecule has 0 fully saturated rings. The summed E-state index contributed by atoms with van der Waals surface area (Å²) in [6.45, 7) is 4.30. The van der Waals surface area contributed by atoms with Crippen molar-refractivity contribution in [1.29, 1.82) is 0 Å². The Morgan fingerprint density at radius 1 is 0.188 bits per heavy atom. The van der Waals surface area contributed by atoms with Gasteiger partial charge in [0.1, 0.15) is 0 Å². The van der Waals surface area contributed by atoms with Crippen molar-refractivity contribution in [2.45, 2.75) is 13.8 Å². The van der Waals surface area contributed by atoms with Crippen LogP contribution in [0, 0.1) is 13.8 Å². The highest BCUT2D eigenvalue weighted by atomic mass is 14.9. The molecule has 0 spiro atoms. The molecular formula is C78H54N2. The zero-order valence-corrected chi connectivity index (χ0v) is 44.6. The van der Waals surface area contributed by atoms with Crippen LogP contribution < -0.4 is 0 Å². The number of nitrogens with zero attached hydrogens (tertiary/aromatic N) is 2. The average Bonchev–Trinajstić information content (AvgIpc) is 4.22. The van der Waals surface area contributed by atoms with Gasteiger partial charge >= 0.3 is 0 Å². The van der Waals surface area contributed by atoms with Crippen LogP contribution in [-0.4, -0.2) is 8.80 Å². The molecular weight excluding hydrogens is 965 g/mol. The molecule has 16 rings (SSSR count). The van der Waals surface area contributed by atoms with E-state index in [9.17, 15) is 0 Å². The van der Waals surface area contributed by atoms with E-state index in [1.165, 1.54) is 154 Å². The molecule has 2 heteroatoms. The summed E-state index contributed by atoms with van der Waals surface area (Å²) in [4.78, 5) is 0. The van der Waals surface area contributed by atoms with Crippen LogP contribution in [0.1, 0.15) is 11.1 Å². The van der Waals surface area contributed by atoms with E-state index in [1.807, 2.05) is 0 Å². The van der Waals surface area contributed by atoms with Crippen LogP contribution in [0.5, 0.6) is 0 Å². The minimum Gasteiger partial charge on any atom is -0.308 e. The molecule has 12 aromatic carbocycles. The van der Waals surface area contributed by atoms with Crippen LogP contribution >= 0.6 is 0 Å². The van der Waals surface area contributed by atoms with Crippen molar-refractivity contribution in [2.75, 3.05) is 0 Å². The largest absolute Gasteiger partial charge is 0.308 e. The normalized spacial score (nSPS) is 11.6. The lowest BCUT2D eigenvalue weighted by molar-refractivity contribution is 1.35. The fraction of sp³-hybridized carbons (Fsp3) is 0.0256. The third-order valence-electron chi connectivity index (χ3n) is 16.5. The smallest absolute Gasteiger partial charge is 0.0625 e. The van der Waals surface area contributed by atoms with E-state index in [0.29, 0.717) is 0 Å². The van der Waals surface area contributed by atoms with Gasteiger partial charge in [-0.15, -0.1) is 0 Å². The van der Waals surface area contributed by atoms with E-state index in [1.54, 1.807) is 0 Å². The van der Waals surface area contributed by atoms with Gasteiger partial charge in [0.05, 0.1) is 33.1 Å². The Labute approximate surface area is 465 Å². The van der Waals surface area contributed by atoms with E-state index in [-0.39, 0.29) is 0 Å². The predicted octanol–water partition coefficient (Wildman–Crippen LogP) is 21.4. The minimum absolute atomic E-state index is 1.23. The Morgan fingerprint density at radius 2 is 0.512 bits per heavy atom. The summed E-state index contributed by atoms with van der Waals surface area (Å²) in [5.74, 6) is 0. The van der Waals surface area contributed by atoms with Crippen molar-refractivity contribution < 1.29 is 0 Å². The van der Waals surface area contributed by atoms with Gasteiger partial charge in [-0.3, -0.25) is 0 Å². The molecule has 376 valence electrons. The molecule has 0 aliphatic carbocycles. The lowest BCUT2D eigenvalue weighted by Gasteiger charge is -2.12. The number of hydrogen-bond donors (Lipinski definition) is 0. The van der Waals surface area contributed by atoms with Gasteiger partial charge in [0.2, 0.25) is 0 Å². The first kappa shape index (κ1) is 47.0. The maximum absolute atomic E-state index is 2.49. The molecule has 0 saturated heterocycles. The highest BCUT2D eigenvalue weighted by Gasteiger charge is 2.22. The van der Waals surface area contributed by atoms with Crippen LogP contribution in [0.4, 0.5) is 0 Å².